The number of methoxy groups -OCH3 is 1. The maximum absolute atomic E-state index is 11.5. The number of aromatic nitrogens is 1. The predicted octanol–water partition coefficient (Wildman–Crippen LogP) is 3.37. The van der Waals surface area contributed by atoms with Gasteiger partial charge in [-0.15, -0.1) is 0 Å². The van der Waals surface area contributed by atoms with Gasteiger partial charge in [0.05, 0.1) is 7.11 Å². The molecule has 0 radical (unpaired) electrons. The van der Waals surface area contributed by atoms with Gasteiger partial charge in [-0.3, -0.25) is 4.98 Å². The molecule has 0 aliphatic heterocycles. The Morgan fingerprint density at radius 2 is 1.32 bits per heavy atom. The van der Waals surface area contributed by atoms with Crippen LogP contribution < -0.4 is 4.74 Å². The first kappa shape index (κ1) is 14.3. The molecule has 0 aliphatic rings. The zero-order valence-corrected chi connectivity index (χ0v) is 12.3. The fraction of sp³-hybridized carbons (Fsp3) is 0.105. The molecule has 3 aromatic rings. The van der Waals surface area contributed by atoms with Crippen LogP contribution in [0, 0.1) is 0 Å². The van der Waals surface area contributed by atoms with E-state index >= 15 is 0 Å². The lowest BCUT2D eigenvalue weighted by atomic mass is 9.81. The van der Waals surface area contributed by atoms with Crippen LogP contribution in [0.5, 0.6) is 5.75 Å². The summed E-state index contributed by atoms with van der Waals surface area (Å²) >= 11 is 0. The maximum Gasteiger partial charge on any atom is 0.140 e. The van der Waals surface area contributed by atoms with Gasteiger partial charge < -0.3 is 9.84 Å². The van der Waals surface area contributed by atoms with Gasteiger partial charge in [-0.2, -0.15) is 0 Å². The highest BCUT2D eigenvalue weighted by Gasteiger charge is 2.33. The Hall–Kier alpha value is -2.65. The van der Waals surface area contributed by atoms with E-state index in [2.05, 4.69) is 4.98 Å². The number of benzene rings is 2. The topological polar surface area (TPSA) is 42.4 Å². The normalized spacial score (nSPS) is 13.4. The molecule has 1 heterocycles. The predicted molar refractivity (Wildman–Crippen MR) is 85.8 cm³/mol. The highest BCUT2D eigenvalue weighted by Crippen LogP contribution is 2.36. The molecule has 0 saturated heterocycles. The summed E-state index contributed by atoms with van der Waals surface area (Å²) in [5.41, 5.74) is 1.15. The van der Waals surface area contributed by atoms with Crippen molar-refractivity contribution in [2.24, 2.45) is 0 Å². The lowest BCUT2D eigenvalue weighted by Crippen LogP contribution is -2.28. The number of rotatable bonds is 4. The number of hydrogen-bond donors (Lipinski definition) is 1. The highest BCUT2D eigenvalue weighted by atomic mass is 16.5. The van der Waals surface area contributed by atoms with Crippen LogP contribution in [0.15, 0.2) is 79.1 Å². The lowest BCUT2D eigenvalue weighted by molar-refractivity contribution is 0.125. The zero-order valence-electron chi connectivity index (χ0n) is 12.3. The quantitative estimate of drug-likeness (QED) is 0.801. The minimum atomic E-state index is -1.23. The first-order valence-corrected chi connectivity index (χ1v) is 7.08. The molecule has 1 unspecified atom stereocenters. The number of hydrogen-bond acceptors (Lipinski definition) is 3. The molecule has 0 bridgehead atoms. The fourth-order valence-electron chi connectivity index (χ4n) is 2.60. The van der Waals surface area contributed by atoms with Crippen molar-refractivity contribution >= 4 is 0 Å². The van der Waals surface area contributed by atoms with Crippen molar-refractivity contribution in [3.8, 4) is 5.75 Å². The van der Waals surface area contributed by atoms with E-state index in [-0.39, 0.29) is 0 Å². The van der Waals surface area contributed by atoms with E-state index in [1.807, 2.05) is 66.7 Å². The molecule has 1 atom stereocenters. The van der Waals surface area contributed by atoms with Gasteiger partial charge in [0, 0.05) is 12.4 Å². The van der Waals surface area contributed by atoms with Gasteiger partial charge in [0.2, 0.25) is 0 Å². The van der Waals surface area contributed by atoms with E-state index < -0.39 is 5.60 Å². The summed E-state index contributed by atoms with van der Waals surface area (Å²) in [6, 6.07) is 20.7. The second kappa shape index (κ2) is 6.00. The molecule has 3 heteroatoms. The summed E-state index contributed by atoms with van der Waals surface area (Å²) in [5.74, 6) is 0.758. The van der Waals surface area contributed by atoms with Gasteiger partial charge in [0.25, 0.3) is 0 Å². The number of ether oxygens (including phenoxy) is 1. The zero-order chi connectivity index (χ0) is 15.4. The smallest absolute Gasteiger partial charge is 0.140 e. The van der Waals surface area contributed by atoms with Crippen molar-refractivity contribution in [1.82, 2.24) is 4.98 Å². The number of aliphatic hydroxyl groups is 1. The SMILES string of the molecule is COc1ccc(C(O)(c2ccccc2)c2ccncc2)cc1. The van der Waals surface area contributed by atoms with Gasteiger partial charge in [-0.1, -0.05) is 42.5 Å². The summed E-state index contributed by atoms with van der Waals surface area (Å²) in [7, 11) is 1.63. The molecule has 1 N–H and O–H groups in total. The Balaban J connectivity index is 2.18. The van der Waals surface area contributed by atoms with Crippen LogP contribution >= 0.6 is 0 Å². The Bertz CT molecular complexity index is 685. The monoisotopic (exact) mass is 291 g/mol. The molecule has 0 fully saturated rings. The third-order valence-electron chi connectivity index (χ3n) is 3.80. The molecular weight excluding hydrogens is 274 g/mol. The summed E-state index contributed by atoms with van der Waals surface area (Å²) in [6.45, 7) is 0. The van der Waals surface area contributed by atoms with E-state index in [1.165, 1.54) is 0 Å². The third-order valence-corrected chi connectivity index (χ3v) is 3.80. The van der Waals surface area contributed by atoms with Crippen LogP contribution in [0.25, 0.3) is 0 Å². The van der Waals surface area contributed by atoms with Gasteiger partial charge in [-0.25, -0.2) is 0 Å². The first-order valence-electron chi connectivity index (χ1n) is 7.08. The molecule has 0 saturated carbocycles. The van der Waals surface area contributed by atoms with Crippen molar-refractivity contribution in [3.05, 3.63) is 95.8 Å². The van der Waals surface area contributed by atoms with E-state index in [9.17, 15) is 5.11 Å². The van der Waals surface area contributed by atoms with Gasteiger partial charge in [-0.05, 0) is 41.0 Å². The van der Waals surface area contributed by atoms with E-state index in [4.69, 9.17) is 4.74 Å². The van der Waals surface area contributed by atoms with Crippen LogP contribution in [0.3, 0.4) is 0 Å². The largest absolute Gasteiger partial charge is 0.497 e. The van der Waals surface area contributed by atoms with Crippen LogP contribution in [-0.2, 0) is 5.60 Å². The molecule has 3 rings (SSSR count). The van der Waals surface area contributed by atoms with Gasteiger partial charge >= 0.3 is 0 Å². The van der Waals surface area contributed by atoms with E-state index in [0.717, 1.165) is 22.4 Å². The van der Waals surface area contributed by atoms with E-state index in [0.29, 0.717) is 0 Å². The van der Waals surface area contributed by atoms with Crippen molar-refractivity contribution in [2.75, 3.05) is 7.11 Å². The average molecular weight is 291 g/mol. The Morgan fingerprint density at radius 1 is 0.773 bits per heavy atom. The molecule has 1 aromatic heterocycles. The number of pyridine rings is 1. The minimum absolute atomic E-state index is 0.758. The van der Waals surface area contributed by atoms with Crippen LogP contribution in [-0.4, -0.2) is 17.2 Å². The molecule has 3 nitrogen and oxygen atoms in total. The fourth-order valence-corrected chi connectivity index (χ4v) is 2.60. The molecule has 0 spiro atoms. The van der Waals surface area contributed by atoms with Crippen LogP contribution in [0.1, 0.15) is 16.7 Å². The molecule has 110 valence electrons. The van der Waals surface area contributed by atoms with Crippen molar-refractivity contribution < 1.29 is 9.84 Å². The van der Waals surface area contributed by atoms with Crippen molar-refractivity contribution in [3.63, 3.8) is 0 Å². The molecule has 0 amide bonds. The van der Waals surface area contributed by atoms with Gasteiger partial charge in [0.15, 0.2) is 0 Å². The first-order chi connectivity index (χ1) is 10.7. The average Bonchev–Trinajstić information content (AvgIpc) is 2.62. The van der Waals surface area contributed by atoms with Gasteiger partial charge in [0.1, 0.15) is 11.4 Å². The summed E-state index contributed by atoms with van der Waals surface area (Å²) in [4.78, 5) is 4.04. The lowest BCUT2D eigenvalue weighted by Gasteiger charge is -2.30. The maximum atomic E-state index is 11.5. The second-order valence-corrected chi connectivity index (χ2v) is 5.04. The molecular formula is C19H17NO2. The Morgan fingerprint density at radius 3 is 1.91 bits per heavy atom. The summed E-state index contributed by atoms with van der Waals surface area (Å²) in [5, 5.41) is 11.5. The Kier molecular flexibility index (Phi) is 3.90. The van der Waals surface area contributed by atoms with Crippen LogP contribution in [0.4, 0.5) is 0 Å². The molecule has 0 aliphatic carbocycles. The van der Waals surface area contributed by atoms with Crippen LogP contribution in [0.2, 0.25) is 0 Å². The summed E-state index contributed by atoms with van der Waals surface area (Å²) < 4.78 is 5.20. The standard InChI is InChI=1S/C19H17NO2/c1-22-18-9-7-16(8-10-18)19(21,15-5-3-2-4-6-15)17-11-13-20-14-12-17/h2-14,21H,1H3. The number of nitrogens with zero attached hydrogens (tertiary/aromatic N) is 1. The van der Waals surface area contributed by atoms with Crippen molar-refractivity contribution in [2.45, 2.75) is 5.60 Å². The highest BCUT2D eigenvalue weighted by molar-refractivity contribution is 5.47. The molecule has 2 aromatic carbocycles. The third kappa shape index (κ3) is 2.47. The minimum Gasteiger partial charge on any atom is -0.497 e. The second-order valence-electron chi connectivity index (χ2n) is 5.04. The molecule has 22 heavy (non-hydrogen) atoms. The summed E-state index contributed by atoms with van der Waals surface area (Å²) in [6.07, 6.45) is 3.37. The Labute approximate surface area is 129 Å². The van der Waals surface area contributed by atoms with E-state index in [1.54, 1.807) is 19.5 Å². The van der Waals surface area contributed by atoms with Crippen molar-refractivity contribution in [1.29, 1.82) is 0 Å².